The van der Waals surface area contributed by atoms with Crippen LogP contribution in [0.5, 0.6) is 17.2 Å². The molecule has 0 saturated heterocycles. The molecule has 0 bridgehead atoms. The highest BCUT2D eigenvalue weighted by atomic mass is 32.2. The van der Waals surface area contributed by atoms with E-state index in [1.807, 2.05) is 60.0 Å². The number of nitrogens with zero attached hydrogens (tertiary/aromatic N) is 3. The Hall–Kier alpha value is -3.98. The Morgan fingerprint density at radius 3 is 2.23 bits per heavy atom. The lowest BCUT2D eigenvalue weighted by Gasteiger charge is -2.13. The third-order valence-corrected chi connectivity index (χ3v) is 6.22. The summed E-state index contributed by atoms with van der Waals surface area (Å²) >= 11 is 1.30. The average molecular weight is 491 g/mol. The van der Waals surface area contributed by atoms with E-state index in [9.17, 15) is 4.79 Å². The predicted molar refractivity (Wildman–Crippen MR) is 137 cm³/mol. The van der Waals surface area contributed by atoms with Crippen LogP contribution in [0.2, 0.25) is 0 Å². The molecule has 1 N–H and O–H groups in total. The zero-order chi connectivity index (χ0) is 24.8. The van der Waals surface area contributed by atoms with Gasteiger partial charge in [0, 0.05) is 17.3 Å². The topological polar surface area (TPSA) is 87.5 Å². The summed E-state index contributed by atoms with van der Waals surface area (Å²) in [5, 5.41) is 12.3. The van der Waals surface area contributed by atoms with Gasteiger partial charge in [0.05, 0.1) is 32.8 Å². The molecule has 0 fully saturated rings. The third-order valence-electron chi connectivity index (χ3n) is 5.29. The number of amides is 1. The van der Waals surface area contributed by atoms with Gasteiger partial charge in [-0.25, -0.2) is 0 Å². The van der Waals surface area contributed by atoms with Crippen LogP contribution in [0, 0.1) is 6.92 Å². The maximum Gasteiger partial charge on any atom is 0.234 e. The molecule has 0 atom stereocenters. The predicted octanol–water partition coefficient (Wildman–Crippen LogP) is 5.00. The molecular formula is C26H26N4O4S. The molecule has 0 radical (unpaired) electrons. The normalized spacial score (nSPS) is 10.6. The zero-order valence-electron chi connectivity index (χ0n) is 19.9. The van der Waals surface area contributed by atoms with Crippen LogP contribution in [0.3, 0.4) is 0 Å². The zero-order valence-corrected chi connectivity index (χ0v) is 20.8. The molecule has 1 aromatic heterocycles. The van der Waals surface area contributed by atoms with E-state index in [4.69, 9.17) is 14.2 Å². The highest BCUT2D eigenvalue weighted by Gasteiger charge is 2.18. The van der Waals surface area contributed by atoms with Gasteiger partial charge in [-0.15, -0.1) is 10.2 Å². The van der Waals surface area contributed by atoms with E-state index < -0.39 is 0 Å². The molecule has 8 nitrogen and oxygen atoms in total. The molecule has 4 aromatic rings. The number of hydrogen-bond donors (Lipinski definition) is 1. The van der Waals surface area contributed by atoms with Crippen LogP contribution < -0.4 is 19.5 Å². The molecule has 0 aliphatic rings. The molecule has 0 aliphatic heterocycles. The maximum absolute atomic E-state index is 12.8. The van der Waals surface area contributed by atoms with Crippen molar-refractivity contribution in [3.8, 4) is 34.3 Å². The molecule has 0 saturated carbocycles. The fourth-order valence-electron chi connectivity index (χ4n) is 3.44. The van der Waals surface area contributed by atoms with Gasteiger partial charge in [-0.2, -0.15) is 0 Å². The number of carbonyl (C=O) groups is 1. The van der Waals surface area contributed by atoms with E-state index in [0.29, 0.717) is 28.2 Å². The van der Waals surface area contributed by atoms with Gasteiger partial charge in [-0.05, 0) is 43.3 Å². The second-order valence-corrected chi connectivity index (χ2v) is 8.55. The van der Waals surface area contributed by atoms with E-state index in [1.54, 1.807) is 39.5 Å². The van der Waals surface area contributed by atoms with Gasteiger partial charge < -0.3 is 19.5 Å². The van der Waals surface area contributed by atoms with Gasteiger partial charge in [0.1, 0.15) is 17.2 Å². The van der Waals surface area contributed by atoms with Crippen LogP contribution >= 0.6 is 11.8 Å². The van der Waals surface area contributed by atoms with Crippen LogP contribution in [-0.4, -0.2) is 47.8 Å². The summed E-state index contributed by atoms with van der Waals surface area (Å²) in [6.45, 7) is 2.04. The Balaban J connectivity index is 1.58. The van der Waals surface area contributed by atoms with Crippen molar-refractivity contribution in [2.45, 2.75) is 12.1 Å². The van der Waals surface area contributed by atoms with E-state index in [1.165, 1.54) is 11.8 Å². The van der Waals surface area contributed by atoms with E-state index in [-0.39, 0.29) is 11.7 Å². The summed E-state index contributed by atoms with van der Waals surface area (Å²) in [4.78, 5) is 12.8. The second-order valence-electron chi connectivity index (χ2n) is 7.61. The number of aryl methyl sites for hydroxylation is 1. The molecule has 3 aromatic carbocycles. The fraction of sp³-hybridized carbons (Fsp3) is 0.192. The van der Waals surface area contributed by atoms with Gasteiger partial charge >= 0.3 is 0 Å². The lowest BCUT2D eigenvalue weighted by atomic mass is 10.1. The second kappa shape index (κ2) is 11.0. The smallest absolute Gasteiger partial charge is 0.234 e. The molecular weight excluding hydrogens is 464 g/mol. The van der Waals surface area contributed by atoms with Crippen LogP contribution in [0.4, 0.5) is 5.69 Å². The summed E-state index contributed by atoms with van der Waals surface area (Å²) in [5.41, 5.74) is 3.52. The third kappa shape index (κ3) is 5.58. The van der Waals surface area contributed by atoms with Crippen molar-refractivity contribution in [2.24, 2.45) is 0 Å². The first-order valence-corrected chi connectivity index (χ1v) is 11.8. The van der Waals surface area contributed by atoms with E-state index >= 15 is 0 Å². The highest BCUT2D eigenvalue weighted by Crippen LogP contribution is 2.31. The van der Waals surface area contributed by atoms with Gasteiger partial charge in [-0.3, -0.25) is 9.36 Å². The van der Waals surface area contributed by atoms with Crippen LogP contribution in [0.15, 0.2) is 71.9 Å². The Bertz CT molecular complexity index is 1300. The Morgan fingerprint density at radius 1 is 0.886 bits per heavy atom. The van der Waals surface area contributed by atoms with Crippen LogP contribution in [-0.2, 0) is 4.79 Å². The minimum atomic E-state index is -0.195. The summed E-state index contributed by atoms with van der Waals surface area (Å²) < 4.78 is 17.8. The van der Waals surface area contributed by atoms with Gasteiger partial charge in [-0.1, -0.05) is 41.6 Å². The first-order chi connectivity index (χ1) is 17.0. The minimum Gasteiger partial charge on any atom is -0.497 e. The fourth-order valence-corrected chi connectivity index (χ4v) is 4.19. The van der Waals surface area contributed by atoms with Crippen molar-refractivity contribution < 1.29 is 19.0 Å². The quantitative estimate of drug-likeness (QED) is 0.330. The van der Waals surface area contributed by atoms with Gasteiger partial charge in [0.15, 0.2) is 11.0 Å². The number of rotatable bonds is 9. The van der Waals surface area contributed by atoms with E-state index in [2.05, 4.69) is 15.5 Å². The van der Waals surface area contributed by atoms with Crippen molar-refractivity contribution in [1.82, 2.24) is 14.8 Å². The van der Waals surface area contributed by atoms with Gasteiger partial charge in [0.25, 0.3) is 0 Å². The Labute approximate surface area is 208 Å². The standard InChI is InChI=1S/C26H26N4O4S/c1-17-5-7-18(8-6-17)25-28-29-26(30(25)19-9-11-20(32-2)12-10-19)35-16-24(31)27-22-14-13-21(33-3)15-23(22)34-4/h5-15H,16H2,1-4H3,(H,27,31). The number of aromatic nitrogens is 3. The lowest BCUT2D eigenvalue weighted by molar-refractivity contribution is -0.113. The SMILES string of the molecule is COc1ccc(-n2c(SCC(=O)Nc3ccc(OC)cc3OC)nnc2-c2ccc(C)cc2)cc1. The number of benzene rings is 3. The number of ether oxygens (including phenoxy) is 3. The number of thioether (sulfide) groups is 1. The van der Waals surface area contributed by atoms with Crippen molar-refractivity contribution in [3.63, 3.8) is 0 Å². The number of hydrogen-bond acceptors (Lipinski definition) is 7. The summed E-state index contributed by atoms with van der Waals surface area (Å²) in [7, 11) is 4.75. The Kier molecular flexibility index (Phi) is 7.57. The van der Waals surface area contributed by atoms with Crippen molar-refractivity contribution >= 4 is 23.4 Å². The maximum atomic E-state index is 12.8. The number of anilines is 1. The molecule has 0 spiro atoms. The number of carbonyl (C=O) groups excluding carboxylic acids is 1. The summed E-state index contributed by atoms with van der Waals surface area (Å²) in [6.07, 6.45) is 0. The highest BCUT2D eigenvalue weighted by molar-refractivity contribution is 7.99. The largest absolute Gasteiger partial charge is 0.497 e. The molecule has 35 heavy (non-hydrogen) atoms. The molecule has 1 amide bonds. The average Bonchev–Trinajstić information content (AvgIpc) is 3.32. The van der Waals surface area contributed by atoms with Gasteiger partial charge in [0.2, 0.25) is 5.91 Å². The van der Waals surface area contributed by atoms with Crippen LogP contribution in [0.1, 0.15) is 5.56 Å². The Morgan fingerprint density at radius 2 is 1.57 bits per heavy atom. The summed E-state index contributed by atoms with van der Waals surface area (Å²) in [6, 6.07) is 20.9. The lowest BCUT2D eigenvalue weighted by Crippen LogP contribution is -2.15. The molecule has 0 unspecified atom stereocenters. The molecule has 0 aliphatic carbocycles. The molecule has 4 rings (SSSR count). The monoisotopic (exact) mass is 490 g/mol. The summed E-state index contributed by atoms with van der Waals surface area (Å²) in [5.74, 6) is 2.55. The molecule has 180 valence electrons. The molecule has 1 heterocycles. The van der Waals surface area contributed by atoms with E-state index in [0.717, 1.165) is 22.6 Å². The van der Waals surface area contributed by atoms with Crippen molar-refractivity contribution in [3.05, 3.63) is 72.3 Å². The van der Waals surface area contributed by atoms with Crippen molar-refractivity contribution in [1.29, 1.82) is 0 Å². The number of methoxy groups -OCH3 is 3. The first kappa shape index (κ1) is 24.2. The molecule has 9 heteroatoms. The number of nitrogens with one attached hydrogen (secondary N) is 1. The minimum absolute atomic E-state index is 0.136. The van der Waals surface area contributed by atoms with Crippen molar-refractivity contribution in [2.75, 3.05) is 32.4 Å². The first-order valence-electron chi connectivity index (χ1n) is 10.8. The van der Waals surface area contributed by atoms with Crippen LogP contribution in [0.25, 0.3) is 17.1 Å².